The molecule has 0 aliphatic rings. The van der Waals surface area contributed by atoms with E-state index in [9.17, 15) is 14.9 Å². The van der Waals surface area contributed by atoms with Crippen LogP contribution >= 0.6 is 27.3 Å². The van der Waals surface area contributed by atoms with Gasteiger partial charge in [0.15, 0.2) is 11.7 Å². The second-order valence-corrected chi connectivity index (χ2v) is 7.19. The molecule has 10 heteroatoms. The molecule has 1 N–H and O–H groups in total. The number of methoxy groups -OCH3 is 1. The van der Waals surface area contributed by atoms with Crippen LogP contribution in [0.3, 0.4) is 0 Å². The fraction of sp³-hybridized carbons (Fsp3) is 0.111. The van der Waals surface area contributed by atoms with Crippen LogP contribution in [-0.4, -0.2) is 29.5 Å². The summed E-state index contributed by atoms with van der Waals surface area (Å²) in [5, 5.41) is 15.6. The van der Waals surface area contributed by atoms with Crippen LogP contribution in [0.5, 0.6) is 11.5 Å². The quantitative estimate of drug-likeness (QED) is 0.408. The van der Waals surface area contributed by atoms with E-state index in [1.807, 2.05) is 23.6 Å². The molecular weight excluding hydrogens is 450 g/mol. The molecule has 0 radical (unpaired) electrons. The molecule has 2 aromatic carbocycles. The van der Waals surface area contributed by atoms with Gasteiger partial charge in [-0.05, 0) is 46.3 Å². The van der Waals surface area contributed by atoms with Gasteiger partial charge >= 0.3 is 0 Å². The Labute approximate surface area is 172 Å². The fourth-order valence-electron chi connectivity index (χ4n) is 2.26. The van der Waals surface area contributed by atoms with Gasteiger partial charge in [-0.2, -0.15) is 0 Å². The molecule has 3 rings (SSSR count). The molecule has 0 atom stereocenters. The Morgan fingerprint density at radius 1 is 1.29 bits per heavy atom. The van der Waals surface area contributed by atoms with Gasteiger partial charge in [-0.15, -0.1) is 11.3 Å². The van der Waals surface area contributed by atoms with Crippen molar-refractivity contribution in [3.8, 4) is 22.8 Å². The number of aromatic nitrogens is 1. The van der Waals surface area contributed by atoms with E-state index < -0.39 is 4.92 Å². The van der Waals surface area contributed by atoms with Crippen LogP contribution in [0.25, 0.3) is 11.3 Å². The highest BCUT2D eigenvalue weighted by Crippen LogP contribution is 2.32. The molecular formula is C18H14BrN3O5S. The van der Waals surface area contributed by atoms with Gasteiger partial charge in [0, 0.05) is 23.1 Å². The number of amides is 1. The van der Waals surface area contributed by atoms with Gasteiger partial charge in [-0.25, -0.2) is 4.98 Å². The van der Waals surface area contributed by atoms with Crippen LogP contribution in [0.4, 0.5) is 10.8 Å². The number of ether oxygens (including phenoxy) is 2. The summed E-state index contributed by atoms with van der Waals surface area (Å²) >= 11 is 4.73. The number of nitrogens with zero attached hydrogens (tertiary/aromatic N) is 2. The normalized spacial score (nSPS) is 10.4. The predicted molar refractivity (Wildman–Crippen MR) is 109 cm³/mol. The number of hydrogen-bond acceptors (Lipinski definition) is 7. The van der Waals surface area contributed by atoms with Crippen LogP contribution in [0, 0.1) is 10.1 Å². The van der Waals surface area contributed by atoms with E-state index in [1.54, 1.807) is 7.11 Å². The molecule has 28 heavy (non-hydrogen) atoms. The number of thiazole rings is 1. The van der Waals surface area contributed by atoms with Crippen LogP contribution in [0.2, 0.25) is 0 Å². The van der Waals surface area contributed by atoms with E-state index >= 15 is 0 Å². The monoisotopic (exact) mass is 463 g/mol. The molecule has 0 spiro atoms. The van der Waals surface area contributed by atoms with E-state index in [0.717, 1.165) is 21.5 Å². The number of non-ortho nitro benzene ring substituents is 1. The average molecular weight is 464 g/mol. The zero-order chi connectivity index (χ0) is 20.1. The first-order valence-corrected chi connectivity index (χ1v) is 9.60. The van der Waals surface area contributed by atoms with Crippen LogP contribution in [0.1, 0.15) is 0 Å². The SMILES string of the molecule is COc1ccc(-c2csc(NC(=O)COc3ccc([N+](=O)[O-])cc3)n2)cc1Br. The molecule has 144 valence electrons. The molecule has 0 aliphatic carbocycles. The van der Waals surface area contributed by atoms with Crippen molar-refractivity contribution in [2.75, 3.05) is 19.0 Å². The summed E-state index contributed by atoms with van der Waals surface area (Å²) in [6, 6.07) is 11.1. The van der Waals surface area contributed by atoms with Crippen LogP contribution in [0.15, 0.2) is 52.3 Å². The molecule has 1 heterocycles. The minimum Gasteiger partial charge on any atom is -0.496 e. The van der Waals surface area contributed by atoms with Crippen molar-refractivity contribution in [3.63, 3.8) is 0 Å². The zero-order valence-electron chi connectivity index (χ0n) is 14.5. The second kappa shape index (κ2) is 8.81. The Bertz CT molecular complexity index is 1010. The number of carbonyl (C=O) groups excluding carboxylic acids is 1. The first kappa shape index (κ1) is 19.8. The number of anilines is 1. The molecule has 1 amide bonds. The van der Waals surface area contributed by atoms with Gasteiger partial charge in [0.2, 0.25) is 0 Å². The Kier molecular flexibility index (Phi) is 6.22. The maximum absolute atomic E-state index is 12.0. The van der Waals surface area contributed by atoms with Crippen molar-refractivity contribution in [2.45, 2.75) is 0 Å². The fourth-order valence-corrected chi connectivity index (χ4v) is 3.53. The summed E-state index contributed by atoms with van der Waals surface area (Å²) in [4.78, 5) is 26.6. The maximum atomic E-state index is 12.0. The van der Waals surface area contributed by atoms with E-state index in [0.29, 0.717) is 10.9 Å². The van der Waals surface area contributed by atoms with E-state index in [1.165, 1.54) is 35.6 Å². The van der Waals surface area contributed by atoms with E-state index in [4.69, 9.17) is 9.47 Å². The summed E-state index contributed by atoms with van der Waals surface area (Å²) in [5.41, 5.74) is 1.56. The molecule has 0 fully saturated rings. The number of rotatable bonds is 7. The molecule has 3 aromatic rings. The topological polar surface area (TPSA) is 104 Å². The summed E-state index contributed by atoms with van der Waals surface area (Å²) in [6.07, 6.45) is 0. The first-order chi connectivity index (χ1) is 13.5. The Morgan fingerprint density at radius 2 is 2.04 bits per heavy atom. The van der Waals surface area contributed by atoms with Gasteiger partial charge in [0.25, 0.3) is 11.6 Å². The zero-order valence-corrected chi connectivity index (χ0v) is 17.0. The smallest absolute Gasteiger partial charge is 0.269 e. The lowest BCUT2D eigenvalue weighted by molar-refractivity contribution is -0.384. The summed E-state index contributed by atoms with van der Waals surface area (Å²) in [7, 11) is 1.59. The van der Waals surface area contributed by atoms with Crippen molar-refractivity contribution in [1.82, 2.24) is 4.98 Å². The van der Waals surface area contributed by atoms with E-state index in [2.05, 4.69) is 26.2 Å². The van der Waals surface area contributed by atoms with Gasteiger partial charge in [-0.1, -0.05) is 0 Å². The molecule has 0 aliphatic heterocycles. The largest absolute Gasteiger partial charge is 0.496 e. The van der Waals surface area contributed by atoms with Crippen LogP contribution < -0.4 is 14.8 Å². The predicted octanol–water partition coefficient (Wildman–Crippen LogP) is 4.51. The van der Waals surface area contributed by atoms with E-state index in [-0.39, 0.29) is 18.2 Å². The Morgan fingerprint density at radius 3 is 2.68 bits per heavy atom. The summed E-state index contributed by atoms with van der Waals surface area (Å²) < 4.78 is 11.3. The minimum absolute atomic E-state index is 0.0442. The summed E-state index contributed by atoms with van der Waals surface area (Å²) in [5.74, 6) is 0.703. The average Bonchev–Trinajstić information content (AvgIpc) is 3.15. The molecule has 0 unspecified atom stereocenters. The Balaban J connectivity index is 1.58. The van der Waals surface area contributed by atoms with Crippen molar-refractivity contribution >= 4 is 44.0 Å². The van der Waals surface area contributed by atoms with Crippen LogP contribution in [-0.2, 0) is 4.79 Å². The van der Waals surface area contributed by atoms with Gasteiger partial charge in [0.1, 0.15) is 11.5 Å². The second-order valence-electron chi connectivity index (χ2n) is 5.48. The number of nitrogens with one attached hydrogen (secondary N) is 1. The van der Waals surface area contributed by atoms with Gasteiger partial charge in [-0.3, -0.25) is 20.2 Å². The lowest BCUT2D eigenvalue weighted by Gasteiger charge is -2.06. The molecule has 0 saturated heterocycles. The highest BCUT2D eigenvalue weighted by atomic mass is 79.9. The van der Waals surface area contributed by atoms with Crippen molar-refractivity contribution in [3.05, 3.63) is 62.4 Å². The number of nitro benzene ring substituents is 1. The van der Waals surface area contributed by atoms with Crippen molar-refractivity contribution < 1.29 is 19.2 Å². The highest BCUT2D eigenvalue weighted by molar-refractivity contribution is 9.10. The molecule has 1 aromatic heterocycles. The van der Waals surface area contributed by atoms with Crippen molar-refractivity contribution in [1.29, 1.82) is 0 Å². The number of nitro groups is 1. The summed E-state index contributed by atoms with van der Waals surface area (Å²) in [6.45, 7) is -0.235. The lowest BCUT2D eigenvalue weighted by atomic mass is 10.2. The number of halogens is 1. The minimum atomic E-state index is -0.502. The third-order valence-electron chi connectivity index (χ3n) is 3.62. The third kappa shape index (κ3) is 4.84. The van der Waals surface area contributed by atoms with Gasteiger partial charge in [0.05, 0.1) is 22.2 Å². The first-order valence-electron chi connectivity index (χ1n) is 7.93. The molecule has 0 bridgehead atoms. The van der Waals surface area contributed by atoms with Gasteiger partial charge < -0.3 is 9.47 Å². The number of hydrogen-bond donors (Lipinski definition) is 1. The Hall–Kier alpha value is -2.98. The third-order valence-corrected chi connectivity index (χ3v) is 4.99. The lowest BCUT2D eigenvalue weighted by Crippen LogP contribution is -2.20. The standard InChI is InChI=1S/C18H14BrN3O5S/c1-26-16-7-2-11(8-14(16)19)15-10-28-18(20-15)21-17(23)9-27-13-5-3-12(4-6-13)22(24)25/h2-8,10H,9H2,1H3,(H,20,21,23). The van der Waals surface area contributed by atoms with Crippen molar-refractivity contribution in [2.24, 2.45) is 0 Å². The maximum Gasteiger partial charge on any atom is 0.269 e. The number of carbonyl (C=O) groups is 1. The number of benzene rings is 2. The molecule has 0 saturated carbocycles. The molecule has 8 nitrogen and oxygen atoms in total. The highest BCUT2D eigenvalue weighted by Gasteiger charge is 2.11.